The number of hydrogen-bond acceptors (Lipinski definition) is 6. The summed E-state index contributed by atoms with van der Waals surface area (Å²) < 4.78 is 15.4. The van der Waals surface area contributed by atoms with Crippen molar-refractivity contribution in [2.45, 2.75) is 20.0 Å². The molecule has 6 nitrogen and oxygen atoms in total. The Morgan fingerprint density at radius 1 is 0.867 bits per heavy atom. The molecule has 0 saturated heterocycles. The lowest BCUT2D eigenvalue weighted by Gasteiger charge is -2.07. The first-order chi connectivity index (χ1) is 14.0. The van der Waals surface area contributed by atoms with E-state index < -0.39 is 11.9 Å². The minimum absolute atomic E-state index is 0. The van der Waals surface area contributed by atoms with E-state index in [1.807, 2.05) is 6.07 Å². The summed E-state index contributed by atoms with van der Waals surface area (Å²) in [6.45, 7) is 3.33. The number of halogens is 1. The average molecular weight is 430 g/mol. The van der Waals surface area contributed by atoms with E-state index in [1.165, 1.54) is 31.4 Å². The van der Waals surface area contributed by atoms with Gasteiger partial charge in [0.25, 0.3) is 0 Å². The van der Waals surface area contributed by atoms with Crippen LogP contribution in [0.3, 0.4) is 0 Å². The van der Waals surface area contributed by atoms with Gasteiger partial charge < -0.3 is 19.2 Å². The summed E-state index contributed by atoms with van der Waals surface area (Å²) in [6, 6.07) is 16.7. The second-order valence-corrected chi connectivity index (χ2v) is 6.64. The third kappa shape index (κ3) is 5.72. The molecule has 3 aromatic rings. The Morgan fingerprint density at radius 2 is 1.47 bits per heavy atom. The van der Waals surface area contributed by atoms with Gasteiger partial charge in [-0.05, 0) is 42.8 Å². The molecule has 2 aromatic carbocycles. The maximum atomic E-state index is 11.9. The van der Waals surface area contributed by atoms with Gasteiger partial charge in [0.2, 0.25) is 0 Å². The number of aryl methyl sites for hydroxylation is 1. The number of carbonyl (C=O) groups is 2. The number of nitrogens with one attached hydrogen (secondary N) is 1. The molecule has 0 fully saturated rings. The summed E-state index contributed by atoms with van der Waals surface area (Å²) in [5, 5.41) is 3.34. The average Bonchev–Trinajstić information content (AvgIpc) is 3.22. The third-order valence-electron chi connectivity index (χ3n) is 4.47. The second kappa shape index (κ2) is 10.6. The predicted octanol–water partition coefficient (Wildman–Crippen LogP) is 4.54. The lowest BCUT2D eigenvalue weighted by atomic mass is 10.0. The molecule has 1 N–H and O–H groups in total. The fourth-order valence-electron chi connectivity index (χ4n) is 2.91. The van der Waals surface area contributed by atoms with Gasteiger partial charge in [0.1, 0.15) is 11.5 Å². The van der Waals surface area contributed by atoms with Crippen molar-refractivity contribution in [3.05, 3.63) is 82.6 Å². The number of esters is 2. The zero-order chi connectivity index (χ0) is 20.8. The van der Waals surface area contributed by atoms with Gasteiger partial charge in [-0.2, -0.15) is 0 Å². The Kier molecular flexibility index (Phi) is 8.21. The van der Waals surface area contributed by atoms with Gasteiger partial charge in [-0.1, -0.05) is 29.8 Å². The van der Waals surface area contributed by atoms with Crippen LogP contribution < -0.4 is 5.32 Å². The number of furan rings is 1. The number of methoxy groups -OCH3 is 2. The Balaban J connectivity index is 0.00000320. The fraction of sp³-hybridized carbons (Fsp3) is 0.217. The van der Waals surface area contributed by atoms with E-state index in [0.29, 0.717) is 17.9 Å². The van der Waals surface area contributed by atoms with Gasteiger partial charge in [0.15, 0.2) is 0 Å². The van der Waals surface area contributed by atoms with E-state index in [0.717, 1.165) is 12.3 Å². The molecule has 0 unspecified atom stereocenters. The molecular weight excluding hydrogens is 406 g/mol. The minimum atomic E-state index is -0.538. The SMILES string of the molecule is COC(=O)c1cc(C(=O)OC)cc(-c2ccc(CNCc3ccc(C)cc3)o2)c1.Cl. The molecule has 0 amide bonds. The van der Waals surface area contributed by atoms with E-state index in [-0.39, 0.29) is 23.5 Å². The van der Waals surface area contributed by atoms with Crippen molar-refractivity contribution in [3.63, 3.8) is 0 Å². The molecule has 0 atom stereocenters. The minimum Gasteiger partial charge on any atom is -0.465 e. The highest BCUT2D eigenvalue weighted by atomic mass is 35.5. The maximum Gasteiger partial charge on any atom is 0.337 e. The van der Waals surface area contributed by atoms with Crippen LogP contribution in [-0.2, 0) is 22.6 Å². The topological polar surface area (TPSA) is 77.8 Å². The zero-order valence-electron chi connectivity index (χ0n) is 17.1. The van der Waals surface area contributed by atoms with Crippen LogP contribution in [0.2, 0.25) is 0 Å². The van der Waals surface area contributed by atoms with Crippen LogP contribution in [0.15, 0.2) is 59.0 Å². The molecule has 7 heteroatoms. The second-order valence-electron chi connectivity index (χ2n) is 6.64. The Labute approximate surface area is 181 Å². The van der Waals surface area contributed by atoms with E-state index in [9.17, 15) is 9.59 Å². The molecule has 0 aliphatic carbocycles. The number of ether oxygens (including phenoxy) is 2. The molecule has 0 saturated carbocycles. The number of carbonyl (C=O) groups excluding carboxylic acids is 2. The quantitative estimate of drug-likeness (QED) is 0.555. The van der Waals surface area contributed by atoms with Gasteiger partial charge in [0, 0.05) is 12.1 Å². The van der Waals surface area contributed by atoms with Crippen molar-refractivity contribution in [1.82, 2.24) is 5.32 Å². The number of benzene rings is 2. The van der Waals surface area contributed by atoms with E-state index in [2.05, 4.69) is 36.5 Å². The predicted molar refractivity (Wildman–Crippen MR) is 116 cm³/mol. The van der Waals surface area contributed by atoms with Crippen molar-refractivity contribution in [1.29, 1.82) is 0 Å². The molecule has 0 aliphatic heterocycles. The highest BCUT2D eigenvalue weighted by molar-refractivity contribution is 5.97. The standard InChI is InChI=1S/C23H23NO5.ClH/c1-15-4-6-16(7-5-15)13-24-14-20-8-9-21(29-20)17-10-18(22(25)27-2)12-19(11-17)23(26)28-3;/h4-12,24H,13-14H2,1-3H3;1H. The molecule has 30 heavy (non-hydrogen) atoms. The first kappa shape index (κ1) is 23.2. The monoisotopic (exact) mass is 429 g/mol. The van der Waals surface area contributed by atoms with Gasteiger partial charge >= 0.3 is 11.9 Å². The van der Waals surface area contributed by atoms with Gasteiger partial charge in [-0.3, -0.25) is 0 Å². The van der Waals surface area contributed by atoms with Crippen LogP contribution in [0.5, 0.6) is 0 Å². The normalized spacial score (nSPS) is 10.2. The van der Waals surface area contributed by atoms with Crippen molar-refractivity contribution in [3.8, 4) is 11.3 Å². The Morgan fingerprint density at radius 3 is 2.03 bits per heavy atom. The first-order valence-electron chi connectivity index (χ1n) is 9.17. The van der Waals surface area contributed by atoms with E-state index in [4.69, 9.17) is 13.9 Å². The molecular formula is C23H24ClNO5. The summed E-state index contributed by atoms with van der Waals surface area (Å²) in [6.07, 6.45) is 0. The van der Waals surface area contributed by atoms with E-state index in [1.54, 1.807) is 18.2 Å². The van der Waals surface area contributed by atoms with Gasteiger partial charge in [0.05, 0.1) is 31.9 Å². The molecule has 0 bridgehead atoms. The summed E-state index contributed by atoms with van der Waals surface area (Å²) >= 11 is 0. The summed E-state index contributed by atoms with van der Waals surface area (Å²) in [4.78, 5) is 23.9. The molecule has 0 aliphatic rings. The summed E-state index contributed by atoms with van der Waals surface area (Å²) in [7, 11) is 2.58. The number of rotatable bonds is 7. The van der Waals surface area contributed by atoms with Crippen molar-refractivity contribution < 1.29 is 23.5 Å². The molecule has 1 heterocycles. The smallest absolute Gasteiger partial charge is 0.337 e. The van der Waals surface area contributed by atoms with Crippen LogP contribution in [0.25, 0.3) is 11.3 Å². The zero-order valence-corrected chi connectivity index (χ0v) is 17.9. The van der Waals surface area contributed by atoms with Gasteiger partial charge in [-0.25, -0.2) is 9.59 Å². The maximum absolute atomic E-state index is 11.9. The number of hydrogen-bond donors (Lipinski definition) is 1. The molecule has 1 aromatic heterocycles. The lowest BCUT2D eigenvalue weighted by molar-refractivity contribution is 0.0599. The molecule has 0 spiro atoms. The Bertz CT molecular complexity index is 976. The van der Waals surface area contributed by atoms with Crippen LogP contribution in [-0.4, -0.2) is 26.2 Å². The highest BCUT2D eigenvalue weighted by Gasteiger charge is 2.16. The van der Waals surface area contributed by atoms with Gasteiger partial charge in [-0.15, -0.1) is 12.4 Å². The Hall–Kier alpha value is -3.09. The van der Waals surface area contributed by atoms with Crippen molar-refractivity contribution >= 4 is 24.3 Å². The first-order valence-corrected chi connectivity index (χ1v) is 9.17. The highest BCUT2D eigenvalue weighted by Crippen LogP contribution is 2.26. The van der Waals surface area contributed by atoms with Crippen molar-refractivity contribution in [2.24, 2.45) is 0 Å². The summed E-state index contributed by atoms with van der Waals surface area (Å²) in [5.74, 6) is 0.218. The van der Waals surface area contributed by atoms with Crippen LogP contribution in [0.1, 0.15) is 37.6 Å². The van der Waals surface area contributed by atoms with Crippen LogP contribution in [0, 0.1) is 6.92 Å². The largest absolute Gasteiger partial charge is 0.465 e. The van der Waals surface area contributed by atoms with Crippen molar-refractivity contribution in [2.75, 3.05) is 14.2 Å². The molecule has 0 radical (unpaired) electrons. The fourth-order valence-corrected chi connectivity index (χ4v) is 2.91. The lowest BCUT2D eigenvalue weighted by Crippen LogP contribution is -2.11. The van der Waals surface area contributed by atoms with Crippen LogP contribution >= 0.6 is 12.4 Å². The molecule has 158 valence electrons. The van der Waals surface area contributed by atoms with Crippen LogP contribution in [0.4, 0.5) is 0 Å². The molecule has 3 rings (SSSR count). The van der Waals surface area contributed by atoms with E-state index >= 15 is 0 Å². The summed E-state index contributed by atoms with van der Waals surface area (Å²) in [5.41, 5.74) is 3.51. The third-order valence-corrected chi connectivity index (χ3v) is 4.47.